The summed E-state index contributed by atoms with van der Waals surface area (Å²) in [6, 6.07) is 2.62. The summed E-state index contributed by atoms with van der Waals surface area (Å²) in [5.74, 6) is -0.909. The van der Waals surface area contributed by atoms with E-state index in [0.717, 1.165) is 6.42 Å². The fraction of sp³-hybridized carbons (Fsp3) is 0.500. The summed E-state index contributed by atoms with van der Waals surface area (Å²) in [4.78, 5) is 28.5. The van der Waals surface area contributed by atoms with Gasteiger partial charge in [-0.05, 0) is 25.5 Å². The Morgan fingerprint density at radius 1 is 1.57 bits per heavy atom. The third-order valence-corrected chi connectivity index (χ3v) is 3.68. The number of aromatic nitrogens is 1. The number of rotatable bonds is 4. The monoisotopic (exact) mass is 293 g/mol. The first-order valence-electron chi connectivity index (χ1n) is 6.86. The topological polar surface area (TPSA) is 103 Å². The van der Waals surface area contributed by atoms with Crippen LogP contribution >= 0.6 is 0 Å². The first kappa shape index (κ1) is 15.2. The summed E-state index contributed by atoms with van der Waals surface area (Å²) < 4.78 is 0. The number of carbonyl (C=O) groups excluding carboxylic acids is 1. The van der Waals surface area contributed by atoms with Gasteiger partial charge < -0.3 is 20.4 Å². The number of pyridine rings is 1. The van der Waals surface area contributed by atoms with Gasteiger partial charge in [0, 0.05) is 25.2 Å². The number of carboxylic acids is 1. The van der Waals surface area contributed by atoms with Gasteiger partial charge in [-0.15, -0.1) is 0 Å². The highest BCUT2D eigenvalue weighted by atomic mass is 16.4. The highest BCUT2D eigenvalue weighted by Gasteiger charge is 2.28. The minimum Gasteiger partial charge on any atom is -0.478 e. The van der Waals surface area contributed by atoms with Crippen LogP contribution in [0.15, 0.2) is 18.3 Å². The third-order valence-electron chi connectivity index (χ3n) is 3.68. The van der Waals surface area contributed by atoms with E-state index in [-0.39, 0.29) is 24.1 Å². The molecular formula is C14H19N3O4. The normalized spacial score (nSPS) is 19.3. The maximum atomic E-state index is 12.0. The molecule has 7 nitrogen and oxygen atoms in total. The molecule has 0 aliphatic carbocycles. The number of nitrogens with one attached hydrogen (secondary N) is 1. The second-order valence-corrected chi connectivity index (χ2v) is 5.24. The number of aromatic carboxylic acids is 1. The summed E-state index contributed by atoms with van der Waals surface area (Å²) in [5.41, 5.74) is 0.638. The predicted octanol–water partition coefficient (Wildman–Crippen LogP) is 0.692. The van der Waals surface area contributed by atoms with E-state index in [0.29, 0.717) is 18.8 Å². The van der Waals surface area contributed by atoms with Crippen molar-refractivity contribution in [3.63, 3.8) is 0 Å². The van der Waals surface area contributed by atoms with Crippen molar-refractivity contribution in [2.24, 2.45) is 5.92 Å². The lowest BCUT2D eigenvalue weighted by molar-refractivity contribution is 0.0696. The van der Waals surface area contributed by atoms with Crippen molar-refractivity contribution in [3.8, 4) is 0 Å². The van der Waals surface area contributed by atoms with Gasteiger partial charge in [-0.1, -0.05) is 0 Å². The van der Waals surface area contributed by atoms with E-state index in [4.69, 9.17) is 5.11 Å². The molecule has 2 rings (SSSR count). The van der Waals surface area contributed by atoms with E-state index in [1.165, 1.54) is 18.3 Å². The van der Waals surface area contributed by atoms with Crippen molar-refractivity contribution in [1.82, 2.24) is 15.2 Å². The molecule has 0 spiro atoms. The van der Waals surface area contributed by atoms with Crippen molar-refractivity contribution < 1.29 is 19.8 Å². The average Bonchev–Trinajstić information content (AvgIpc) is 2.95. The molecular weight excluding hydrogens is 274 g/mol. The lowest BCUT2D eigenvalue weighted by Crippen LogP contribution is -2.38. The number of nitrogens with zero attached hydrogens (tertiary/aromatic N) is 2. The Balaban J connectivity index is 1.87. The fourth-order valence-corrected chi connectivity index (χ4v) is 2.35. The van der Waals surface area contributed by atoms with Crippen molar-refractivity contribution in [1.29, 1.82) is 0 Å². The second-order valence-electron chi connectivity index (χ2n) is 5.24. The SMILES string of the molecule is CC(O)C1CCN(C(=O)NCc2cc(C(=O)O)ccn2)C1. The molecule has 0 radical (unpaired) electrons. The van der Waals surface area contributed by atoms with Crippen LogP contribution in [0.1, 0.15) is 29.4 Å². The maximum absolute atomic E-state index is 12.0. The number of aliphatic hydroxyl groups excluding tert-OH is 1. The van der Waals surface area contributed by atoms with Crippen LogP contribution in [-0.2, 0) is 6.54 Å². The summed E-state index contributed by atoms with van der Waals surface area (Å²) in [7, 11) is 0. The van der Waals surface area contributed by atoms with Crippen LogP contribution in [-0.4, -0.2) is 51.3 Å². The molecule has 1 fully saturated rings. The van der Waals surface area contributed by atoms with Gasteiger partial charge in [-0.25, -0.2) is 9.59 Å². The molecule has 1 aromatic rings. The van der Waals surface area contributed by atoms with Gasteiger partial charge in [-0.3, -0.25) is 4.98 Å². The molecule has 1 saturated heterocycles. The van der Waals surface area contributed by atoms with Crippen molar-refractivity contribution in [2.45, 2.75) is 26.0 Å². The Labute approximate surface area is 122 Å². The van der Waals surface area contributed by atoms with Gasteiger partial charge in [0.2, 0.25) is 0 Å². The van der Waals surface area contributed by atoms with E-state index in [1.807, 2.05) is 0 Å². The number of likely N-dealkylation sites (tertiary alicyclic amines) is 1. The largest absolute Gasteiger partial charge is 0.478 e. The number of carbonyl (C=O) groups is 2. The second kappa shape index (κ2) is 6.53. The molecule has 2 heterocycles. The standard InChI is InChI=1S/C14H19N3O4/c1-9(18)11-3-5-17(8-11)14(21)16-7-12-6-10(13(19)20)2-4-15-12/h2,4,6,9,11,18H,3,5,7-8H2,1H3,(H,16,21)(H,19,20). The van der Waals surface area contributed by atoms with E-state index >= 15 is 0 Å². The Morgan fingerprint density at radius 3 is 2.95 bits per heavy atom. The van der Waals surface area contributed by atoms with Crippen LogP contribution in [0, 0.1) is 5.92 Å². The van der Waals surface area contributed by atoms with E-state index < -0.39 is 12.1 Å². The van der Waals surface area contributed by atoms with Crippen molar-refractivity contribution in [3.05, 3.63) is 29.6 Å². The molecule has 1 aliphatic heterocycles. The number of hydrogen-bond donors (Lipinski definition) is 3. The minimum absolute atomic E-state index is 0.115. The van der Waals surface area contributed by atoms with Gasteiger partial charge in [0.1, 0.15) is 0 Å². The predicted molar refractivity (Wildman–Crippen MR) is 74.8 cm³/mol. The first-order chi connectivity index (χ1) is 9.97. The summed E-state index contributed by atoms with van der Waals surface area (Å²) in [6.07, 6.45) is 1.78. The fourth-order valence-electron chi connectivity index (χ4n) is 2.35. The molecule has 3 N–H and O–H groups in total. The van der Waals surface area contributed by atoms with Gasteiger partial charge in [0.25, 0.3) is 0 Å². The smallest absolute Gasteiger partial charge is 0.335 e. The molecule has 1 aliphatic rings. The van der Waals surface area contributed by atoms with E-state index in [2.05, 4.69) is 10.3 Å². The van der Waals surface area contributed by atoms with E-state index in [1.54, 1.807) is 11.8 Å². The molecule has 7 heteroatoms. The van der Waals surface area contributed by atoms with Crippen LogP contribution in [0.5, 0.6) is 0 Å². The van der Waals surface area contributed by atoms with Gasteiger partial charge in [0.05, 0.1) is 23.9 Å². The highest BCUT2D eigenvalue weighted by Crippen LogP contribution is 2.19. The number of hydrogen-bond acceptors (Lipinski definition) is 4. The number of aliphatic hydroxyl groups is 1. The zero-order chi connectivity index (χ0) is 15.4. The van der Waals surface area contributed by atoms with Gasteiger partial charge >= 0.3 is 12.0 Å². The summed E-state index contributed by atoms with van der Waals surface area (Å²) >= 11 is 0. The van der Waals surface area contributed by atoms with Crippen LogP contribution in [0.25, 0.3) is 0 Å². The van der Waals surface area contributed by atoms with Crippen molar-refractivity contribution in [2.75, 3.05) is 13.1 Å². The molecule has 1 aromatic heterocycles. The molecule has 0 saturated carbocycles. The number of carboxylic acid groups (broad SMARTS) is 1. The molecule has 114 valence electrons. The zero-order valence-electron chi connectivity index (χ0n) is 11.8. The Hall–Kier alpha value is -2.15. The van der Waals surface area contributed by atoms with E-state index in [9.17, 15) is 14.7 Å². The summed E-state index contributed by atoms with van der Waals surface area (Å²) in [5, 5.41) is 21.1. The summed E-state index contributed by atoms with van der Waals surface area (Å²) in [6.45, 7) is 3.05. The Kier molecular flexibility index (Phi) is 4.74. The molecule has 2 atom stereocenters. The van der Waals surface area contributed by atoms with Gasteiger partial charge in [-0.2, -0.15) is 0 Å². The molecule has 2 unspecified atom stereocenters. The average molecular weight is 293 g/mol. The molecule has 21 heavy (non-hydrogen) atoms. The molecule has 2 amide bonds. The van der Waals surface area contributed by atoms with Crippen LogP contribution in [0.2, 0.25) is 0 Å². The first-order valence-corrected chi connectivity index (χ1v) is 6.86. The highest BCUT2D eigenvalue weighted by molar-refractivity contribution is 5.87. The lowest BCUT2D eigenvalue weighted by atomic mass is 10.0. The minimum atomic E-state index is -1.02. The van der Waals surface area contributed by atoms with Crippen LogP contribution < -0.4 is 5.32 Å². The number of amides is 2. The third kappa shape index (κ3) is 3.91. The maximum Gasteiger partial charge on any atom is 0.335 e. The van der Waals surface area contributed by atoms with Crippen LogP contribution in [0.3, 0.4) is 0 Å². The zero-order valence-corrected chi connectivity index (χ0v) is 11.8. The van der Waals surface area contributed by atoms with Crippen LogP contribution in [0.4, 0.5) is 4.79 Å². The quantitative estimate of drug-likeness (QED) is 0.758. The van der Waals surface area contributed by atoms with Crippen molar-refractivity contribution >= 4 is 12.0 Å². The molecule has 0 aromatic carbocycles. The number of urea groups is 1. The molecule has 0 bridgehead atoms. The Bertz CT molecular complexity index is 533. The lowest BCUT2D eigenvalue weighted by Gasteiger charge is -2.18. The Morgan fingerprint density at radius 2 is 2.33 bits per heavy atom. The van der Waals surface area contributed by atoms with Gasteiger partial charge in [0.15, 0.2) is 0 Å².